The lowest BCUT2D eigenvalue weighted by molar-refractivity contribution is 0.0989. The number of aromatic nitrogens is 1. The third-order valence-corrected chi connectivity index (χ3v) is 7.93. The lowest BCUT2D eigenvalue weighted by atomic mass is 10.2. The van der Waals surface area contributed by atoms with E-state index in [-0.39, 0.29) is 10.8 Å². The molecule has 160 valence electrons. The van der Waals surface area contributed by atoms with Crippen molar-refractivity contribution in [2.75, 3.05) is 24.5 Å². The van der Waals surface area contributed by atoms with E-state index in [9.17, 15) is 13.2 Å². The second kappa shape index (κ2) is 9.13. The molecule has 0 saturated carbocycles. The van der Waals surface area contributed by atoms with Crippen LogP contribution in [-0.4, -0.2) is 43.2 Å². The van der Waals surface area contributed by atoms with Gasteiger partial charge in [0.15, 0.2) is 5.13 Å². The van der Waals surface area contributed by atoms with Crippen molar-refractivity contribution in [3.05, 3.63) is 78.2 Å². The van der Waals surface area contributed by atoms with E-state index in [0.29, 0.717) is 30.3 Å². The summed E-state index contributed by atoms with van der Waals surface area (Å²) in [4.78, 5) is 19.6. The van der Waals surface area contributed by atoms with Crippen molar-refractivity contribution >= 4 is 32.4 Å². The Hall–Kier alpha value is -2.81. The number of benzene rings is 2. The normalized spacial score (nSPS) is 14.5. The second-order valence-corrected chi connectivity index (χ2v) is 10.00. The number of thiazole rings is 1. The minimum absolute atomic E-state index is 0.210. The molecule has 1 aliphatic rings. The fourth-order valence-corrected chi connectivity index (χ4v) is 5.87. The van der Waals surface area contributed by atoms with Crippen LogP contribution in [0.3, 0.4) is 0 Å². The number of hydrogen-bond donors (Lipinski definition) is 0. The first-order valence-electron chi connectivity index (χ1n) is 10.0. The lowest BCUT2D eigenvalue weighted by Crippen LogP contribution is -2.31. The summed E-state index contributed by atoms with van der Waals surface area (Å²) in [5, 5.41) is 2.48. The van der Waals surface area contributed by atoms with E-state index in [2.05, 4.69) is 11.6 Å². The van der Waals surface area contributed by atoms with Crippen molar-refractivity contribution < 1.29 is 13.2 Å². The molecule has 4 rings (SSSR count). The molecular formula is C23H23N3O3S2. The molecule has 1 fully saturated rings. The molecule has 0 spiro atoms. The number of anilines is 1. The fraction of sp³-hybridized carbons (Fsp3) is 0.217. The Morgan fingerprint density at radius 2 is 1.77 bits per heavy atom. The number of amides is 1. The first kappa shape index (κ1) is 21.4. The topological polar surface area (TPSA) is 70.6 Å². The Labute approximate surface area is 186 Å². The Kier molecular flexibility index (Phi) is 6.31. The highest BCUT2D eigenvalue weighted by Gasteiger charge is 2.27. The highest BCUT2D eigenvalue weighted by atomic mass is 32.2. The van der Waals surface area contributed by atoms with Gasteiger partial charge in [0.2, 0.25) is 10.0 Å². The van der Waals surface area contributed by atoms with Crippen LogP contribution in [0.1, 0.15) is 23.2 Å². The molecule has 0 radical (unpaired) electrons. The number of sulfonamides is 1. The Balaban J connectivity index is 1.58. The molecule has 1 saturated heterocycles. The molecule has 6 nitrogen and oxygen atoms in total. The SMILES string of the molecule is C=CCN(C(=O)c1ccc(S(=O)(=O)N2CCCC2)cc1)c1nc(-c2ccccc2)cs1. The molecule has 0 N–H and O–H groups in total. The summed E-state index contributed by atoms with van der Waals surface area (Å²) in [5.74, 6) is -0.251. The average molecular weight is 454 g/mol. The van der Waals surface area contributed by atoms with Gasteiger partial charge in [0, 0.05) is 36.1 Å². The number of carbonyl (C=O) groups is 1. The van der Waals surface area contributed by atoms with Crippen LogP contribution in [0.2, 0.25) is 0 Å². The highest BCUT2D eigenvalue weighted by molar-refractivity contribution is 7.89. The van der Waals surface area contributed by atoms with Gasteiger partial charge in [0.25, 0.3) is 5.91 Å². The molecule has 0 bridgehead atoms. The van der Waals surface area contributed by atoms with Crippen LogP contribution in [0, 0.1) is 0 Å². The third-order valence-electron chi connectivity index (χ3n) is 5.15. The van der Waals surface area contributed by atoms with E-state index in [1.807, 2.05) is 35.7 Å². The molecule has 3 aromatic rings. The minimum Gasteiger partial charge on any atom is -0.280 e. The van der Waals surface area contributed by atoms with Gasteiger partial charge in [-0.25, -0.2) is 13.4 Å². The summed E-state index contributed by atoms with van der Waals surface area (Å²) < 4.78 is 26.9. The van der Waals surface area contributed by atoms with Crippen molar-refractivity contribution in [1.82, 2.24) is 9.29 Å². The predicted molar refractivity (Wildman–Crippen MR) is 124 cm³/mol. The van der Waals surface area contributed by atoms with Crippen LogP contribution >= 0.6 is 11.3 Å². The van der Waals surface area contributed by atoms with Crippen molar-refractivity contribution in [3.63, 3.8) is 0 Å². The fourth-order valence-electron chi connectivity index (χ4n) is 3.51. The minimum atomic E-state index is -3.51. The highest BCUT2D eigenvalue weighted by Crippen LogP contribution is 2.29. The van der Waals surface area contributed by atoms with Crippen molar-refractivity contribution in [2.24, 2.45) is 0 Å². The molecule has 0 unspecified atom stereocenters. The van der Waals surface area contributed by atoms with Gasteiger partial charge in [0.1, 0.15) is 0 Å². The largest absolute Gasteiger partial charge is 0.280 e. The summed E-state index contributed by atoms with van der Waals surface area (Å²) in [7, 11) is -3.51. The van der Waals surface area contributed by atoms with Crippen LogP contribution in [0.25, 0.3) is 11.3 Å². The molecule has 2 aromatic carbocycles. The molecule has 8 heteroatoms. The second-order valence-electron chi connectivity index (χ2n) is 7.22. The molecule has 1 amide bonds. The van der Waals surface area contributed by atoms with Crippen molar-refractivity contribution in [1.29, 1.82) is 0 Å². The lowest BCUT2D eigenvalue weighted by Gasteiger charge is -2.19. The van der Waals surface area contributed by atoms with Gasteiger partial charge < -0.3 is 0 Å². The summed E-state index contributed by atoms with van der Waals surface area (Å²) in [6.45, 7) is 5.15. The van der Waals surface area contributed by atoms with Gasteiger partial charge in [-0.05, 0) is 37.1 Å². The molecule has 1 aromatic heterocycles. The quantitative estimate of drug-likeness (QED) is 0.496. The van der Waals surface area contributed by atoms with Gasteiger partial charge in [0.05, 0.1) is 10.6 Å². The number of rotatable bonds is 7. The van der Waals surface area contributed by atoms with Crippen LogP contribution in [0.5, 0.6) is 0 Å². The maximum absolute atomic E-state index is 13.2. The van der Waals surface area contributed by atoms with E-state index in [0.717, 1.165) is 24.1 Å². The summed E-state index contributed by atoms with van der Waals surface area (Å²) in [6.07, 6.45) is 3.41. The van der Waals surface area contributed by atoms with Gasteiger partial charge in [-0.15, -0.1) is 17.9 Å². The van der Waals surface area contributed by atoms with Crippen LogP contribution in [0.15, 0.2) is 77.5 Å². The Morgan fingerprint density at radius 3 is 2.42 bits per heavy atom. The average Bonchev–Trinajstić information content (AvgIpc) is 3.51. The van der Waals surface area contributed by atoms with E-state index < -0.39 is 10.0 Å². The van der Waals surface area contributed by atoms with E-state index in [1.165, 1.54) is 27.8 Å². The number of hydrogen-bond acceptors (Lipinski definition) is 5. The zero-order valence-electron chi connectivity index (χ0n) is 17.0. The maximum Gasteiger partial charge on any atom is 0.260 e. The molecule has 0 aliphatic carbocycles. The van der Waals surface area contributed by atoms with Crippen molar-refractivity contribution in [2.45, 2.75) is 17.7 Å². The molecule has 2 heterocycles. The first-order chi connectivity index (χ1) is 15.0. The summed E-state index contributed by atoms with van der Waals surface area (Å²) in [6, 6.07) is 15.9. The summed E-state index contributed by atoms with van der Waals surface area (Å²) >= 11 is 1.38. The third kappa shape index (κ3) is 4.46. The zero-order valence-corrected chi connectivity index (χ0v) is 18.6. The monoisotopic (exact) mass is 453 g/mol. The smallest absolute Gasteiger partial charge is 0.260 e. The number of nitrogens with zero attached hydrogens (tertiary/aromatic N) is 3. The van der Waals surface area contributed by atoms with Crippen molar-refractivity contribution in [3.8, 4) is 11.3 Å². The first-order valence-corrected chi connectivity index (χ1v) is 12.4. The van der Waals surface area contributed by atoms with Gasteiger partial charge in [-0.2, -0.15) is 4.31 Å². The number of carbonyl (C=O) groups excluding carboxylic acids is 1. The van der Waals surface area contributed by atoms with Crippen LogP contribution in [0.4, 0.5) is 5.13 Å². The van der Waals surface area contributed by atoms with Gasteiger partial charge in [-0.1, -0.05) is 36.4 Å². The Morgan fingerprint density at radius 1 is 1.10 bits per heavy atom. The molecule has 0 atom stereocenters. The van der Waals surface area contributed by atoms with E-state index in [1.54, 1.807) is 23.1 Å². The van der Waals surface area contributed by atoms with E-state index in [4.69, 9.17) is 0 Å². The Bertz CT molecular complexity index is 1170. The van der Waals surface area contributed by atoms with Crippen LogP contribution < -0.4 is 4.90 Å². The van der Waals surface area contributed by atoms with Gasteiger partial charge in [-0.3, -0.25) is 9.69 Å². The molecular weight excluding hydrogens is 430 g/mol. The maximum atomic E-state index is 13.2. The standard InChI is InChI=1S/C23H23N3O3S2/c1-2-14-26(23-24-21(17-30-23)18-8-4-3-5-9-18)22(27)19-10-12-20(13-11-19)31(28,29)25-15-6-7-16-25/h2-5,8-13,17H,1,6-7,14-16H2. The summed E-state index contributed by atoms with van der Waals surface area (Å²) in [5.41, 5.74) is 2.18. The van der Waals surface area contributed by atoms with Gasteiger partial charge >= 0.3 is 0 Å². The van der Waals surface area contributed by atoms with E-state index >= 15 is 0 Å². The predicted octanol–water partition coefficient (Wildman–Crippen LogP) is 4.43. The van der Waals surface area contributed by atoms with Crippen LogP contribution in [-0.2, 0) is 10.0 Å². The molecule has 1 aliphatic heterocycles. The zero-order chi connectivity index (χ0) is 21.8. The molecule has 31 heavy (non-hydrogen) atoms.